The van der Waals surface area contributed by atoms with Gasteiger partial charge in [0.05, 0.1) is 0 Å². The summed E-state index contributed by atoms with van der Waals surface area (Å²) in [6, 6.07) is 14.5. The molecule has 19 heavy (non-hydrogen) atoms. The van der Waals surface area contributed by atoms with Crippen molar-refractivity contribution in [1.29, 1.82) is 0 Å². The van der Waals surface area contributed by atoms with Gasteiger partial charge in [0.15, 0.2) is 0 Å². The third-order valence-corrected chi connectivity index (χ3v) is 2.23. The zero-order valence-corrected chi connectivity index (χ0v) is 16.4. The number of hydrogen-bond acceptors (Lipinski definition) is 2. The molecule has 102 valence electrons. The maximum absolute atomic E-state index is 8.92. The first-order valence-corrected chi connectivity index (χ1v) is 5.10. The average molecular weight is 467 g/mol. The minimum Gasteiger partial charge on any atom is -1.00 e. The van der Waals surface area contributed by atoms with Gasteiger partial charge < -0.3 is 44.2 Å². The van der Waals surface area contributed by atoms with Crippen molar-refractivity contribution in [1.82, 2.24) is 0 Å². The summed E-state index contributed by atoms with van der Waals surface area (Å²) >= 11 is 0. The largest absolute Gasteiger partial charge is 2.00 e. The van der Waals surface area contributed by atoms with Crippen LogP contribution in [0.4, 0.5) is 0 Å². The standard InChI is InChI=1S/2C7H8O.2BrH.Zr/c2*1-6-4-2-3-5-7(6)8;;;/h2*2-5,8H,1H3;2*1H;/q;;;;+2/p-2. The normalized spacial score (nSPS) is 7.68. The summed E-state index contributed by atoms with van der Waals surface area (Å²) in [5, 5.41) is 17.8. The summed E-state index contributed by atoms with van der Waals surface area (Å²) in [4.78, 5) is 0. The molecule has 0 aliphatic rings. The summed E-state index contributed by atoms with van der Waals surface area (Å²) in [6.45, 7) is 3.74. The topological polar surface area (TPSA) is 40.5 Å². The number of halogens is 2. The van der Waals surface area contributed by atoms with Crippen LogP contribution < -0.4 is 34.0 Å². The minimum atomic E-state index is 0. The van der Waals surface area contributed by atoms with Crippen LogP contribution in [0.15, 0.2) is 48.5 Å². The third kappa shape index (κ3) is 9.42. The molecule has 0 atom stereocenters. The van der Waals surface area contributed by atoms with E-state index >= 15 is 0 Å². The van der Waals surface area contributed by atoms with Gasteiger partial charge in [0.2, 0.25) is 0 Å². The molecule has 2 rings (SSSR count). The maximum atomic E-state index is 8.92. The molecule has 0 unspecified atom stereocenters. The molecule has 0 heterocycles. The van der Waals surface area contributed by atoms with Gasteiger partial charge in [0, 0.05) is 0 Å². The number of benzene rings is 2. The molecule has 5 heteroatoms. The van der Waals surface area contributed by atoms with E-state index in [0.717, 1.165) is 11.1 Å². The molecule has 2 aromatic carbocycles. The van der Waals surface area contributed by atoms with Crippen LogP contribution in [-0.2, 0) is 26.2 Å². The Hall–Kier alpha value is -0.117. The first-order chi connectivity index (χ1) is 7.61. The van der Waals surface area contributed by atoms with Crippen molar-refractivity contribution in [2.24, 2.45) is 0 Å². The summed E-state index contributed by atoms with van der Waals surface area (Å²) in [5.41, 5.74) is 1.85. The van der Waals surface area contributed by atoms with Crippen LogP contribution in [0.3, 0.4) is 0 Å². The average Bonchev–Trinajstić information content (AvgIpc) is 2.28. The molecule has 0 amide bonds. The van der Waals surface area contributed by atoms with Crippen LogP contribution in [-0.4, -0.2) is 10.2 Å². The summed E-state index contributed by atoms with van der Waals surface area (Å²) < 4.78 is 0. The Labute approximate surface area is 154 Å². The summed E-state index contributed by atoms with van der Waals surface area (Å²) in [7, 11) is 0. The van der Waals surface area contributed by atoms with Gasteiger partial charge in [-0.1, -0.05) is 36.4 Å². The van der Waals surface area contributed by atoms with Crippen LogP contribution in [0.25, 0.3) is 0 Å². The Morgan fingerprint density at radius 2 is 0.895 bits per heavy atom. The second-order valence-electron chi connectivity index (χ2n) is 3.57. The number of rotatable bonds is 0. The minimum absolute atomic E-state index is 0. The molecule has 0 fully saturated rings. The summed E-state index contributed by atoms with van der Waals surface area (Å²) in [6.07, 6.45) is 0. The predicted molar refractivity (Wildman–Crippen MR) is 65.7 cm³/mol. The second kappa shape index (κ2) is 12.9. The first kappa shape index (κ1) is 23.9. The Morgan fingerprint density at radius 1 is 0.632 bits per heavy atom. The van der Waals surface area contributed by atoms with Gasteiger partial charge in [0.1, 0.15) is 11.5 Å². The van der Waals surface area contributed by atoms with Gasteiger partial charge in [0.25, 0.3) is 0 Å². The number of aromatic hydroxyl groups is 2. The van der Waals surface area contributed by atoms with E-state index in [0.29, 0.717) is 11.5 Å². The summed E-state index contributed by atoms with van der Waals surface area (Å²) in [5.74, 6) is 0.736. The molecule has 0 aliphatic carbocycles. The van der Waals surface area contributed by atoms with Crippen LogP contribution in [0.1, 0.15) is 11.1 Å². The molecule has 0 saturated carbocycles. The van der Waals surface area contributed by atoms with Crippen LogP contribution >= 0.6 is 0 Å². The molecule has 0 saturated heterocycles. The van der Waals surface area contributed by atoms with Crippen LogP contribution in [0.2, 0.25) is 0 Å². The molecule has 0 spiro atoms. The van der Waals surface area contributed by atoms with Crippen molar-refractivity contribution in [3.63, 3.8) is 0 Å². The molecule has 2 N–H and O–H groups in total. The molecule has 2 nitrogen and oxygen atoms in total. The van der Waals surface area contributed by atoms with E-state index in [4.69, 9.17) is 10.2 Å². The van der Waals surface area contributed by atoms with E-state index in [2.05, 4.69) is 0 Å². The Bertz CT molecular complexity index is 379. The first-order valence-electron chi connectivity index (χ1n) is 5.10. The molecular weight excluding hydrogens is 451 g/mol. The quantitative estimate of drug-likeness (QED) is 0.447. The van der Waals surface area contributed by atoms with Gasteiger partial charge in [-0.3, -0.25) is 0 Å². The molecule has 0 radical (unpaired) electrons. The SMILES string of the molecule is Cc1ccccc1O.Cc1ccccc1O.[Br-].[Br-].[Zr+2]. The third-order valence-electron chi connectivity index (χ3n) is 2.23. The Morgan fingerprint density at radius 3 is 1.05 bits per heavy atom. The van der Waals surface area contributed by atoms with Crippen molar-refractivity contribution in [2.75, 3.05) is 0 Å². The predicted octanol–water partition coefficient (Wildman–Crippen LogP) is -2.59. The monoisotopic (exact) mass is 464 g/mol. The zero-order chi connectivity index (χ0) is 12.0. The van der Waals surface area contributed by atoms with Crippen molar-refractivity contribution in [3.8, 4) is 11.5 Å². The molecule has 0 aliphatic heterocycles. The molecule has 2 aromatic rings. The van der Waals surface area contributed by atoms with Crippen LogP contribution in [0.5, 0.6) is 11.5 Å². The zero-order valence-electron chi connectivity index (χ0n) is 10.8. The van der Waals surface area contributed by atoms with E-state index in [1.807, 2.05) is 50.2 Å². The molecular formula is C14H16Br2O2Zr. The van der Waals surface area contributed by atoms with E-state index in [-0.39, 0.29) is 60.2 Å². The number of phenols is 2. The van der Waals surface area contributed by atoms with Crippen molar-refractivity contribution in [3.05, 3.63) is 59.7 Å². The van der Waals surface area contributed by atoms with Crippen molar-refractivity contribution < 1.29 is 70.4 Å². The fourth-order valence-electron chi connectivity index (χ4n) is 1.13. The van der Waals surface area contributed by atoms with Crippen LogP contribution in [0, 0.1) is 13.8 Å². The van der Waals surface area contributed by atoms with Gasteiger partial charge in [-0.2, -0.15) is 0 Å². The van der Waals surface area contributed by atoms with Gasteiger partial charge in [-0.25, -0.2) is 0 Å². The number of para-hydroxylation sites is 2. The number of hydrogen-bond donors (Lipinski definition) is 2. The smallest absolute Gasteiger partial charge is 1.00 e. The van der Waals surface area contributed by atoms with Gasteiger partial charge in [-0.05, 0) is 37.1 Å². The van der Waals surface area contributed by atoms with Gasteiger partial charge >= 0.3 is 26.2 Å². The second-order valence-corrected chi connectivity index (χ2v) is 3.57. The van der Waals surface area contributed by atoms with Gasteiger partial charge in [-0.15, -0.1) is 0 Å². The fourth-order valence-corrected chi connectivity index (χ4v) is 1.13. The molecule has 0 bridgehead atoms. The van der Waals surface area contributed by atoms with Crippen molar-refractivity contribution >= 4 is 0 Å². The van der Waals surface area contributed by atoms with E-state index < -0.39 is 0 Å². The Balaban J connectivity index is -0.000000233. The molecule has 0 aromatic heterocycles. The van der Waals surface area contributed by atoms with E-state index in [9.17, 15) is 0 Å². The van der Waals surface area contributed by atoms with Crippen molar-refractivity contribution in [2.45, 2.75) is 13.8 Å². The maximum Gasteiger partial charge on any atom is 2.00 e. The number of aryl methyl sites for hydroxylation is 2. The van der Waals surface area contributed by atoms with E-state index in [1.54, 1.807) is 12.1 Å². The van der Waals surface area contributed by atoms with E-state index in [1.165, 1.54) is 0 Å². The fraction of sp³-hybridized carbons (Fsp3) is 0.143. The number of phenolic OH excluding ortho intramolecular Hbond substituents is 2. The Kier molecular flexibility index (Phi) is 16.2.